The van der Waals surface area contributed by atoms with Gasteiger partial charge in [0.1, 0.15) is 49.3 Å². The smallest absolute Gasteiger partial charge is 0.348 e. The fourth-order valence-electron chi connectivity index (χ4n) is 7.89. The number of esters is 3. The summed E-state index contributed by atoms with van der Waals surface area (Å²) in [6.45, 7) is 3.95. The highest BCUT2D eigenvalue weighted by Gasteiger charge is 2.75. The number of hydrogen-bond donors (Lipinski definition) is 2. The van der Waals surface area contributed by atoms with Gasteiger partial charge >= 0.3 is 17.9 Å². The monoisotopic (exact) mass is 669 g/mol. The Kier molecular flexibility index (Phi) is 8.52. The van der Waals surface area contributed by atoms with E-state index in [0.29, 0.717) is 30.5 Å². The molecule has 15 nitrogen and oxygen atoms in total. The zero-order chi connectivity index (χ0) is 33.8. The molecule has 0 spiro atoms. The first-order valence-corrected chi connectivity index (χ1v) is 16.2. The Balaban J connectivity index is 1.13. The van der Waals surface area contributed by atoms with Gasteiger partial charge in [-0.15, -0.1) is 0 Å². The highest BCUT2D eigenvalue weighted by molar-refractivity contribution is 5.96. The van der Waals surface area contributed by atoms with Crippen molar-refractivity contribution in [2.24, 2.45) is 10.8 Å². The van der Waals surface area contributed by atoms with E-state index in [1.807, 2.05) is 6.07 Å². The number of aliphatic hydroxyl groups excluding tert-OH is 1. The average molecular weight is 670 g/mol. The number of likely N-dealkylation sites (tertiary alicyclic amines) is 1. The van der Waals surface area contributed by atoms with Crippen LogP contribution in [0, 0.1) is 10.8 Å². The minimum Gasteiger partial charge on any atom is -0.462 e. The molecule has 15 heteroatoms. The Labute approximate surface area is 276 Å². The van der Waals surface area contributed by atoms with Crippen molar-refractivity contribution in [3.63, 3.8) is 0 Å². The van der Waals surface area contributed by atoms with E-state index in [4.69, 9.17) is 28.5 Å². The number of nitrogens with one attached hydrogen (secondary N) is 1. The van der Waals surface area contributed by atoms with E-state index >= 15 is 0 Å². The first-order chi connectivity index (χ1) is 23.0. The lowest BCUT2D eigenvalue weighted by Gasteiger charge is -2.50. The van der Waals surface area contributed by atoms with Crippen molar-refractivity contribution in [2.45, 2.75) is 82.3 Å². The van der Waals surface area contributed by atoms with E-state index in [-0.39, 0.29) is 51.3 Å². The van der Waals surface area contributed by atoms with E-state index in [1.54, 1.807) is 38.1 Å². The molecule has 1 aromatic carbocycles. The lowest BCUT2D eigenvalue weighted by atomic mass is 9.62. The molecule has 6 aliphatic rings. The molecule has 2 N–H and O–H groups in total. The van der Waals surface area contributed by atoms with Crippen LogP contribution in [0.25, 0.3) is 6.08 Å². The second kappa shape index (κ2) is 12.5. The molecule has 8 atom stereocenters. The van der Waals surface area contributed by atoms with Crippen LogP contribution in [0.5, 0.6) is 0 Å². The Hall–Kier alpha value is -3.89. The summed E-state index contributed by atoms with van der Waals surface area (Å²) in [6.07, 6.45) is 0.105. The molecule has 0 aromatic heterocycles. The van der Waals surface area contributed by atoms with E-state index in [2.05, 4.69) is 5.32 Å². The van der Waals surface area contributed by atoms with Gasteiger partial charge in [-0.1, -0.05) is 38.1 Å². The van der Waals surface area contributed by atoms with Gasteiger partial charge in [0, 0.05) is 31.0 Å². The minimum absolute atomic E-state index is 0.0374. The number of fused-ring (bicyclic) bond motifs is 4. The molecule has 5 aliphatic heterocycles. The summed E-state index contributed by atoms with van der Waals surface area (Å²) < 4.78 is 28.0. The van der Waals surface area contributed by atoms with Crippen LogP contribution in [0.15, 0.2) is 30.3 Å². The Bertz CT molecular complexity index is 1530. The predicted octanol–water partition coefficient (Wildman–Crippen LogP) is -0.164. The van der Waals surface area contributed by atoms with Crippen LogP contribution in [0.2, 0.25) is 0 Å². The summed E-state index contributed by atoms with van der Waals surface area (Å²) in [4.78, 5) is 74.1. The van der Waals surface area contributed by atoms with Gasteiger partial charge in [-0.25, -0.2) is 9.59 Å². The normalized spacial score (nSPS) is 35.0. The molecule has 5 saturated heterocycles. The summed E-state index contributed by atoms with van der Waals surface area (Å²) in [5.41, 5.74) is -0.674. The molecule has 0 unspecified atom stereocenters. The molecule has 2 bridgehead atoms. The third-order valence-corrected chi connectivity index (χ3v) is 10.1. The molecule has 48 heavy (non-hydrogen) atoms. The number of benzene rings is 1. The van der Waals surface area contributed by atoms with Crippen molar-refractivity contribution < 1.29 is 57.6 Å². The zero-order valence-corrected chi connectivity index (χ0v) is 26.7. The Morgan fingerprint density at radius 3 is 2.73 bits per heavy atom. The number of ether oxygens (including phenoxy) is 5. The van der Waals surface area contributed by atoms with E-state index in [9.17, 15) is 29.1 Å². The first-order valence-electron chi connectivity index (χ1n) is 16.2. The predicted molar refractivity (Wildman–Crippen MR) is 161 cm³/mol. The molecule has 1 aromatic rings. The second-order valence-electron chi connectivity index (χ2n) is 13.8. The number of amides is 2. The molecular formula is C33H39N3O12. The van der Waals surface area contributed by atoms with Crippen LogP contribution in [0.4, 0.5) is 0 Å². The maximum absolute atomic E-state index is 14.7. The van der Waals surface area contributed by atoms with Crippen molar-refractivity contribution in [2.75, 3.05) is 33.1 Å². The van der Waals surface area contributed by atoms with Crippen molar-refractivity contribution >= 4 is 35.8 Å². The number of aliphatic hydroxyl groups is 1. The van der Waals surface area contributed by atoms with Crippen LogP contribution >= 0.6 is 0 Å². The van der Waals surface area contributed by atoms with Gasteiger partial charge in [0.25, 0.3) is 0 Å². The fourth-order valence-corrected chi connectivity index (χ4v) is 7.89. The molecular weight excluding hydrogens is 630 g/mol. The first kappa shape index (κ1) is 32.6. The van der Waals surface area contributed by atoms with Crippen molar-refractivity contribution in [3.8, 4) is 0 Å². The van der Waals surface area contributed by atoms with Crippen molar-refractivity contribution in [1.29, 1.82) is 0 Å². The quantitative estimate of drug-likeness (QED) is 0.201. The summed E-state index contributed by atoms with van der Waals surface area (Å²) in [5, 5.41) is 13.3. The molecule has 1 saturated carbocycles. The average Bonchev–Trinajstić information content (AvgIpc) is 3.86. The Morgan fingerprint density at radius 2 is 1.96 bits per heavy atom. The third kappa shape index (κ3) is 5.47. The number of nitrogens with zero attached hydrogens (tertiary/aromatic N) is 2. The van der Waals surface area contributed by atoms with Gasteiger partial charge in [0.05, 0.1) is 13.2 Å². The number of hydroxylamine groups is 2. The topological polar surface area (TPSA) is 179 Å². The molecule has 258 valence electrons. The maximum Gasteiger partial charge on any atom is 0.348 e. The summed E-state index contributed by atoms with van der Waals surface area (Å²) >= 11 is 0. The third-order valence-electron chi connectivity index (χ3n) is 10.1. The van der Waals surface area contributed by atoms with E-state index in [1.165, 1.54) is 16.0 Å². The number of rotatable bonds is 9. The van der Waals surface area contributed by atoms with Crippen LogP contribution in [-0.4, -0.2) is 120 Å². The van der Waals surface area contributed by atoms with Gasteiger partial charge in [0.15, 0.2) is 6.04 Å². The van der Waals surface area contributed by atoms with Gasteiger partial charge < -0.3 is 39.0 Å². The van der Waals surface area contributed by atoms with Gasteiger partial charge in [-0.2, -0.15) is 5.06 Å². The highest BCUT2D eigenvalue weighted by Crippen LogP contribution is 2.56. The largest absolute Gasteiger partial charge is 0.462 e. The molecule has 7 rings (SSSR count). The van der Waals surface area contributed by atoms with Crippen LogP contribution in [0.3, 0.4) is 0 Å². The van der Waals surface area contributed by atoms with Crippen LogP contribution < -0.4 is 5.32 Å². The summed E-state index contributed by atoms with van der Waals surface area (Å²) in [5.74, 6) is -2.63. The van der Waals surface area contributed by atoms with E-state index in [0.717, 1.165) is 0 Å². The van der Waals surface area contributed by atoms with Gasteiger partial charge in [-0.05, 0) is 30.0 Å². The van der Waals surface area contributed by atoms with Crippen LogP contribution in [-0.2, 0) is 59.0 Å². The second-order valence-corrected chi connectivity index (χ2v) is 13.8. The molecule has 6 fully saturated rings. The molecule has 0 radical (unpaired) electrons. The zero-order valence-electron chi connectivity index (χ0n) is 26.7. The van der Waals surface area contributed by atoms with Crippen LogP contribution in [0.1, 0.15) is 44.2 Å². The Morgan fingerprint density at radius 1 is 1.15 bits per heavy atom. The number of carbonyl (C=O) groups is 5. The molecule has 5 heterocycles. The summed E-state index contributed by atoms with van der Waals surface area (Å²) in [7, 11) is 0. The lowest BCUT2D eigenvalue weighted by Crippen LogP contribution is -2.70. The van der Waals surface area contributed by atoms with Crippen molar-refractivity contribution in [1.82, 2.24) is 15.3 Å². The standard InChI is InChI=1S/C33H39N3O12/c1-32(2)16-43-30(41)27(32)47-22(38)9-8-18-5-3-6-19(13-18)15-36-25-29(40)46-21-14-33(25,26(48-36)24-23(21)44-17-45-24)31(42)35-11-4-7-20(35)28(39)34-10-12-37/h3,5-6,8-9,13,20-21,23-27,37H,4,7,10-12,14-17H2,1-2H3,(H,34,39)/t20-,21+,23+,24+,25+,26-,27+,33+/m1/s1. The lowest BCUT2D eigenvalue weighted by molar-refractivity contribution is -0.204. The number of cyclic esters (lactones) is 1. The van der Waals surface area contributed by atoms with E-state index < -0.39 is 71.3 Å². The number of hydrogen-bond acceptors (Lipinski definition) is 13. The van der Waals surface area contributed by atoms with Crippen molar-refractivity contribution in [3.05, 3.63) is 41.5 Å². The fraction of sp³-hybridized carbons (Fsp3) is 0.606. The minimum atomic E-state index is -1.40. The van der Waals surface area contributed by atoms with Gasteiger partial charge in [-0.3, -0.25) is 19.2 Å². The number of carbonyl (C=O) groups excluding carboxylic acids is 5. The summed E-state index contributed by atoms with van der Waals surface area (Å²) in [6, 6.07) is 5.31. The highest BCUT2D eigenvalue weighted by atomic mass is 16.8. The maximum atomic E-state index is 14.7. The molecule has 1 aliphatic carbocycles. The SMILES string of the molecule is CC1(C)COC(=O)[C@@H]1OC(=O)C=Cc1cccc(CN2O[C@@H]3[C@H]4OCO[C@H]4[C@@H]4C[C@]3(C(=O)N3CCC[C@@H]3C(=O)NCCO)[C@@H]2C(=O)O4)c1. The van der Waals surface area contributed by atoms with Gasteiger partial charge in [0.2, 0.25) is 17.9 Å². The molecule has 2 amide bonds.